The van der Waals surface area contributed by atoms with Gasteiger partial charge in [-0.05, 0) is 37.3 Å². The Morgan fingerprint density at radius 1 is 1.36 bits per heavy atom. The molecule has 1 atom stereocenters. The van der Waals surface area contributed by atoms with Gasteiger partial charge in [0.15, 0.2) is 11.9 Å². The third-order valence-corrected chi connectivity index (χ3v) is 2.68. The van der Waals surface area contributed by atoms with Crippen LogP contribution in [0.1, 0.15) is 8.35 Å². The molecule has 8 heteroatoms. The summed E-state index contributed by atoms with van der Waals surface area (Å²) in [5.74, 6) is -1.25. The number of ether oxygens (including phenoxy) is 2. The van der Waals surface area contributed by atoms with Crippen LogP contribution >= 0.6 is 11.6 Å². The molecule has 0 saturated heterocycles. The monoisotopic (exact) mass is 335 g/mol. The minimum absolute atomic E-state index is 0. The Labute approximate surface area is 154 Å². The number of halogens is 2. The molecule has 2 aromatic rings. The number of pyridine rings is 1. The zero-order valence-corrected chi connectivity index (χ0v) is 14.7. The van der Waals surface area contributed by atoms with Crippen LogP contribution in [-0.2, 0) is 4.79 Å². The first-order chi connectivity index (χ1) is 9.95. The maximum Gasteiger partial charge on any atom is 1.00 e. The second kappa shape index (κ2) is 8.33. The van der Waals surface area contributed by atoms with Crippen molar-refractivity contribution in [2.75, 3.05) is 0 Å². The van der Waals surface area contributed by atoms with Gasteiger partial charge in [-0.1, -0.05) is 11.6 Å². The van der Waals surface area contributed by atoms with Crippen LogP contribution in [-0.4, -0.2) is 22.2 Å². The fraction of sp³-hybridized carbons (Fsp3) is 0.143. The van der Waals surface area contributed by atoms with E-state index in [0.29, 0.717) is 11.5 Å². The number of hydrogen-bond acceptors (Lipinski definition) is 4. The minimum atomic E-state index is -1.07. The molecule has 0 bridgehead atoms. The van der Waals surface area contributed by atoms with Crippen molar-refractivity contribution in [2.45, 2.75) is 13.0 Å². The number of benzene rings is 1. The van der Waals surface area contributed by atoms with Crippen molar-refractivity contribution in [2.24, 2.45) is 0 Å². The molecule has 5 nitrogen and oxygen atoms in total. The van der Waals surface area contributed by atoms with Crippen LogP contribution in [0.2, 0.25) is 5.02 Å². The van der Waals surface area contributed by atoms with E-state index in [0.717, 1.165) is 6.07 Å². The number of aromatic nitrogens is 1. The summed E-state index contributed by atoms with van der Waals surface area (Å²) in [4.78, 5) is 14.4. The molecule has 0 aliphatic carbocycles. The summed E-state index contributed by atoms with van der Waals surface area (Å²) < 4.78 is 23.9. The summed E-state index contributed by atoms with van der Waals surface area (Å²) in [6.45, 7) is 1.42. The number of rotatable bonds is 5. The van der Waals surface area contributed by atoms with Gasteiger partial charge in [-0.3, -0.25) is 0 Å². The standard InChI is InChI=1S/C14H11ClFNO4.Na.H/c1-8(14(18)19)20-10-2-4-11(5-3-10)21-13-12(16)6-9(15)7-17-13;;/h2-8H,1H3,(H,18,19);;/q;+1;-1. The molecule has 2 rings (SSSR count). The number of carboxylic acids is 1. The Morgan fingerprint density at radius 2 is 1.95 bits per heavy atom. The van der Waals surface area contributed by atoms with Crippen molar-refractivity contribution in [3.63, 3.8) is 0 Å². The molecule has 1 aromatic heterocycles. The SMILES string of the molecule is CC(Oc1ccc(Oc2ncc(Cl)cc2F)cc1)C(=O)O.[H-].[Na+]. The van der Waals surface area contributed by atoms with Gasteiger partial charge in [-0.2, -0.15) is 0 Å². The zero-order chi connectivity index (χ0) is 15.4. The number of aliphatic carboxylic acids is 1. The van der Waals surface area contributed by atoms with Crippen molar-refractivity contribution >= 4 is 17.6 Å². The largest absolute Gasteiger partial charge is 1.00 e. The van der Waals surface area contributed by atoms with E-state index in [1.165, 1.54) is 37.4 Å². The van der Waals surface area contributed by atoms with Crippen molar-refractivity contribution in [1.29, 1.82) is 0 Å². The molecule has 0 aliphatic rings. The molecule has 1 unspecified atom stereocenters. The first-order valence-corrected chi connectivity index (χ1v) is 6.32. The summed E-state index contributed by atoms with van der Waals surface area (Å²) in [5.41, 5.74) is 0. The molecule has 22 heavy (non-hydrogen) atoms. The molecule has 0 spiro atoms. The molecule has 0 saturated carbocycles. The van der Waals surface area contributed by atoms with Gasteiger partial charge in [0.1, 0.15) is 11.5 Å². The second-order valence-electron chi connectivity index (χ2n) is 4.11. The van der Waals surface area contributed by atoms with Crippen LogP contribution < -0.4 is 39.0 Å². The van der Waals surface area contributed by atoms with Gasteiger partial charge in [-0.15, -0.1) is 0 Å². The Hall–Kier alpha value is -1.34. The van der Waals surface area contributed by atoms with Crippen LogP contribution in [0.3, 0.4) is 0 Å². The summed E-state index contributed by atoms with van der Waals surface area (Å²) >= 11 is 5.59. The molecule has 112 valence electrons. The van der Waals surface area contributed by atoms with Crippen LogP contribution in [0.5, 0.6) is 17.4 Å². The number of carboxylic acid groups (broad SMARTS) is 1. The number of nitrogens with zero attached hydrogens (tertiary/aromatic N) is 1. The van der Waals surface area contributed by atoms with E-state index in [2.05, 4.69) is 4.98 Å². The minimum Gasteiger partial charge on any atom is -1.00 e. The first kappa shape index (κ1) is 18.7. The second-order valence-corrected chi connectivity index (χ2v) is 4.55. The van der Waals surface area contributed by atoms with E-state index in [9.17, 15) is 9.18 Å². The Kier molecular flexibility index (Phi) is 7.09. The Morgan fingerprint density at radius 3 is 2.50 bits per heavy atom. The van der Waals surface area contributed by atoms with Gasteiger partial charge in [0.25, 0.3) is 5.88 Å². The number of carbonyl (C=O) groups is 1. The maximum atomic E-state index is 13.5. The predicted molar refractivity (Wildman–Crippen MR) is 74.6 cm³/mol. The first-order valence-electron chi connectivity index (χ1n) is 5.94. The smallest absolute Gasteiger partial charge is 1.00 e. The molecular weight excluding hydrogens is 324 g/mol. The molecule has 0 radical (unpaired) electrons. The average Bonchev–Trinajstić information content (AvgIpc) is 2.43. The van der Waals surface area contributed by atoms with E-state index < -0.39 is 17.9 Å². The van der Waals surface area contributed by atoms with Crippen LogP contribution in [0, 0.1) is 5.82 Å². The Bertz CT molecular complexity index is 660. The molecule has 0 fully saturated rings. The van der Waals surface area contributed by atoms with Gasteiger partial charge in [0.2, 0.25) is 0 Å². The normalized spacial score (nSPS) is 11.2. The molecule has 1 aromatic carbocycles. The molecular formula is C14H12ClFNNaO4. The van der Waals surface area contributed by atoms with E-state index in [1.54, 1.807) is 0 Å². The van der Waals surface area contributed by atoms with Crippen LogP contribution in [0.15, 0.2) is 36.5 Å². The van der Waals surface area contributed by atoms with Gasteiger partial charge >= 0.3 is 35.5 Å². The van der Waals surface area contributed by atoms with Crippen LogP contribution in [0.25, 0.3) is 0 Å². The topological polar surface area (TPSA) is 68.7 Å². The molecule has 1 N–H and O–H groups in total. The van der Waals surface area contributed by atoms with E-state index >= 15 is 0 Å². The van der Waals surface area contributed by atoms with Crippen molar-refractivity contribution in [1.82, 2.24) is 4.98 Å². The zero-order valence-electron chi connectivity index (χ0n) is 12.9. The number of hydrogen-bond donors (Lipinski definition) is 1. The van der Waals surface area contributed by atoms with Crippen molar-refractivity contribution < 1.29 is 54.7 Å². The third kappa shape index (κ3) is 5.14. The average molecular weight is 336 g/mol. The Balaban J connectivity index is 0.00000242. The van der Waals surface area contributed by atoms with Crippen molar-refractivity contribution in [3.8, 4) is 17.4 Å². The summed E-state index contributed by atoms with van der Waals surface area (Å²) in [6, 6.07) is 7.15. The summed E-state index contributed by atoms with van der Waals surface area (Å²) in [7, 11) is 0. The van der Waals surface area contributed by atoms with Gasteiger partial charge < -0.3 is 16.0 Å². The van der Waals surface area contributed by atoms with Gasteiger partial charge in [0, 0.05) is 6.20 Å². The van der Waals surface area contributed by atoms with E-state index in [-0.39, 0.29) is 41.9 Å². The summed E-state index contributed by atoms with van der Waals surface area (Å²) in [5, 5.41) is 8.91. The summed E-state index contributed by atoms with van der Waals surface area (Å²) in [6.07, 6.45) is 0.304. The molecule has 0 amide bonds. The maximum absolute atomic E-state index is 13.5. The third-order valence-electron chi connectivity index (χ3n) is 2.47. The fourth-order valence-corrected chi connectivity index (χ4v) is 1.57. The van der Waals surface area contributed by atoms with E-state index in [4.69, 9.17) is 26.2 Å². The van der Waals surface area contributed by atoms with Crippen molar-refractivity contribution in [3.05, 3.63) is 47.4 Å². The predicted octanol–water partition coefficient (Wildman–Crippen LogP) is 0.635. The molecule has 0 aliphatic heterocycles. The molecule has 1 heterocycles. The van der Waals surface area contributed by atoms with E-state index in [1.807, 2.05) is 0 Å². The van der Waals surface area contributed by atoms with Gasteiger partial charge in [-0.25, -0.2) is 14.2 Å². The quantitative estimate of drug-likeness (QED) is 0.812. The van der Waals surface area contributed by atoms with Crippen LogP contribution in [0.4, 0.5) is 4.39 Å². The fourth-order valence-electron chi connectivity index (χ4n) is 1.43. The van der Waals surface area contributed by atoms with Gasteiger partial charge in [0.05, 0.1) is 5.02 Å².